The second-order valence-corrected chi connectivity index (χ2v) is 13.5. The van der Waals surface area contributed by atoms with Gasteiger partial charge in [0.2, 0.25) is 5.91 Å². The van der Waals surface area contributed by atoms with Gasteiger partial charge >= 0.3 is 5.97 Å². The molecule has 1 saturated carbocycles. The standard InChI is InChI=1S/C35H40N2O6S/c1-42-26-16-17-28-31(19-26)44-34(36-28)43-27-18-29-30(38)21-35(33(40)41)20-25(35)13-9-4-2-3-8-12-24(32(39)37(29)22-27)15-14-23-10-6-5-7-11-23/h5-7,9-11,13,16-17,19,24-25,27,29H,2-4,8,12,14-15,18,20-22H2,1H3,(H,40,41)/b13-9-/t24-,25-,27-,29+,35-/m1/s1. The molecule has 2 fully saturated rings. The number of ether oxygens (including phenoxy) is 2. The zero-order valence-electron chi connectivity index (χ0n) is 25.2. The lowest BCUT2D eigenvalue weighted by atomic mass is 9.90. The van der Waals surface area contributed by atoms with Crippen LogP contribution in [-0.4, -0.2) is 58.5 Å². The molecular weight excluding hydrogens is 576 g/mol. The summed E-state index contributed by atoms with van der Waals surface area (Å²) in [6.07, 6.45) is 10.4. The zero-order chi connectivity index (χ0) is 30.7. The summed E-state index contributed by atoms with van der Waals surface area (Å²) in [6.45, 7) is 0.278. The maximum absolute atomic E-state index is 14.3. The highest BCUT2D eigenvalue weighted by molar-refractivity contribution is 7.20. The molecule has 1 aromatic heterocycles. The van der Waals surface area contributed by atoms with Gasteiger partial charge in [-0.2, -0.15) is 0 Å². The number of carboxylic acids is 1. The summed E-state index contributed by atoms with van der Waals surface area (Å²) in [5, 5.41) is 10.6. The van der Waals surface area contributed by atoms with E-state index in [1.54, 1.807) is 12.0 Å². The van der Waals surface area contributed by atoms with E-state index >= 15 is 0 Å². The molecule has 2 aromatic carbocycles. The third kappa shape index (κ3) is 6.53. The first-order valence-corrected chi connectivity index (χ1v) is 16.6. The topological polar surface area (TPSA) is 106 Å². The second-order valence-electron chi connectivity index (χ2n) is 12.5. The number of hydrogen-bond donors (Lipinski definition) is 1. The highest BCUT2D eigenvalue weighted by atomic mass is 32.1. The van der Waals surface area contributed by atoms with Crippen molar-refractivity contribution >= 4 is 39.2 Å². The number of methoxy groups -OCH3 is 1. The van der Waals surface area contributed by atoms with Crippen LogP contribution in [0.4, 0.5) is 0 Å². The minimum absolute atomic E-state index is 0.0239. The average molecular weight is 617 g/mol. The van der Waals surface area contributed by atoms with Gasteiger partial charge in [0.1, 0.15) is 11.9 Å². The lowest BCUT2D eigenvalue weighted by Crippen LogP contribution is -2.45. The van der Waals surface area contributed by atoms with Crippen LogP contribution in [0.1, 0.15) is 63.4 Å². The number of carbonyl (C=O) groups is 3. The van der Waals surface area contributed by atoms with Gasteiger partial charge in [-0.3, -0.25) is 14.4 Å². The van der Waals surface area contributed by atoms with E-state index in [0.717, 1.165) is 54.5 Å². The van der Waals surface area contributed by atoms with Crippen LogP contribution in [0.25, 0.3) is 10.2 Å². The Morgan fingerprint density at radius 1 is 1.14 bits per heavy atom. The summed E-state index contributed by atoms with van der Waals surface area (Å²) in [4.78, 5) is 47.0. The molecular formula is C35H40N2O6S. The number of carbonyl (C=O) groups excluding carboxylic acids is 2. The van der Waals surface area contributed by atoms with Crippen molar-refractivity contribution in [1.29, 1.82) is 0 Å². The lowest BCUT2D eigenvalue weighted by Gasteiger charge is -2.29. The third-order valence-electron chi connectivity index (χ3n) is 9.58. The number of aryl methyl sites for hydroxylation is 1. The summed E-state index contributed by atoms with van der Waals surface area (Å²) in [5.74, 6) is -0.776. The molecule has 1 N–H and O–H groups in total. The number of thiazole rings is 1. The van der Waals surface area contributed by atoms with E-state index in [0.29, 0.717) is 24.5 Å². The number of benzene rings is 2. The molecule has 9 heteroatoms. The molecule has 1 aliphatic carbocycles. The maximum atomic E-state index is 14.3. The number of rotatable bonds is 7. The quantitative estimate of drug-likeness (QED) is 0.303. The molecule has 0 spiro atoms. The number of allylic oxidation sites excluding steroid dienone is 2. The Kier molecular flexibility index (Phi) is 9.03. The van der Waals surface area contributed by atoms with Crippen LogP contribution in [-0.2, 0) is 20.8 Å². The van der Waals surface area contributed by atoms with Gasteiger partial charge in [0, 0.05) is 18.8 Å². The highest BCUT2D eigenvalue weighted by Gasteiger charge is 2.61. The van der Waals surface area contributed by atoms with Crippen LogP contribution in [0.15, 0.2) is 60.7 Å². The summed E-state index contributed by atoms with van der Waals surface area (Å²) in [5.41, 5.74) is 0.899. The van der Waals surface area contributed by atoms with Crippen molar-refractivity contribution in [1.82, 2.24) is 9.88 Å². The Morgan fingerprint density at radius 2 is 1.98 bits per heavy atom. The number of hydrogen-bond acceptors (Lipinski definition) is 7. The molecule has 3 aliphatic rings. The first-order chi connectivity index (χ1) is 21.4. The number of nitrogens with zero attached hydrogens (tertiary/aromatic N) is 2. The smallest absolute Gasteiger partial charge is 0.310 e. The summed E-state index contributed by atoms with van der Waals surface area (Å²) in [6, 6.07) is 15.1. The molecule has 8 nitrogen and oxygen atoms in total. The molecule has 1 saturated heterocycles. The number of carboxylic acid groups (broad SMARTS) is 1. The van der Waals surface area contributed by atoms with E-state index in [4.69, 9.17) is 9.47 Å². The largest absolute Gasteiger partial charge is 0.497 e. The van der Waals surface area contributed by atoms with E-state index in [1.165, 1.54) is 16.9 Å². The van der Waals surface area contributed by atoms with Crippen LogP contribution >= 0.6 is 11.3 Å². The van der Waals surface area contributed by atoms with Gasteiger partial charge < -0.3 is 19.5 Å². The van der Waals surface area contributed by atoms with Gasteiger partial charge in [0.25, 0.3) is 5.19 Å². The van der Waals surface area contributed by atoms with Crippen LogP contribution < -0.4 is 9.47 Å². The van der Waals surface area contributed by atoms with Crippen molar-refractivity contribution in [2.45, 2.75) is 76.4 Å². The number of ketones is 1. The molecule has 6 rings (SSSR count). The Hall–Kier alpha value is -3.72. The molecule has 5 atom stereocenters. The van der Waals surface area contributed by atoms with Crippen molar-refractivity contribution in [2.24, 2.45) is 17.3 Å². The number of Topliss-reactive ketones (excluding diaryl/α,β-unsaturated/α-hetero) is 1. The minimum Gasteiger partial charge on any atom is -0.497 e. The van der Waals surface area contributed by atoms with Gasteiger partial charge in [-0.15, -0.1) is 0 Å². The average Bonchev–Trinajstić information content (AvgIpc) is 3.34. The molecule has 232 valence electrons. The first-order valence-electron chi connectivity index (χ1n) is 15.7. The summed E-state index contributed by atoms with van der Waals surface area (Å²) in [7, 11) is 1.62. The van der Waals surface area contributed by atoms with Gasteiger partial charge in [-0.05, 0) is 68.2 Å². The summed E-state index contributed by atoms with van der Waals surface area (Å²) < 4.78 is 12.6. The normalized spacial score (nSPS) is 28.4. The number of fused-ring (bicyclic) bond motifs is 3. The number of aromatic nitrogens is 1. The van der Waals surface area contributed by atoms with Crippen molar-refractivity contribution in [3.05, 3.63) is 66.2 Å². The van der Waals surface area contributed by atoms with Gasteiger partial charge in [-0.25, -0.2) is 4.98 Å². The molecule has 3 aromatic rings. The zero-order valence-corrected chi connectivity index (χ0v) is 26.0. The SMILES string of the molecule is COc1ccc2nc(O[C@@H]3C[C@H]4C(=O)C[C@]5(C(=O)O)C[C@H]5/C=C\CCCCC[C@H](CCc5ccccc5)C(=O)N4C3)sc2c1. The molecule has 3 heterocycles. The van der Waals surface area contributed by atoms with Gasteiger partial charge in [0.05, 0.1) is 35.3 Å². The second kappa shape index (κ2) is 13.1. The van der Waals surface area contributed by atoms with E-state index in [2.05, 4.69) is 23.2 Å². The van der Waals surface area contributed by atoms with Crippen molar-refractivity contribution in [3.8, 4) is 10.9 Å². The summed E-state index contributed by atoms with van der Waals surface area (Å²) >= 11 is 1.41. The molecule has 0 radical (unpaired) electrons. The van der Waals surface area contributed by atoms with Crippen molar-refractivity contribution in [3.63, 3.8) is 0 Å². The molecule has 2 aliphatic heterocycles. The maximum Gasteiger partial charge on any atom is 0.310 e. The molecule has 1 amide bonds. The highest BCUT2D eigenvalue weighted by Crippen LogP contribution is 2.57. The third-order valence-corrected chi connectivity index (χ3v) is 10.5. The number of amides is 1. The van der Waals surface area contributed by atoms with Crippen molar-refractivity contribution < 1.29 is 29.0 Å². The molecule has 0 unspecified atom stereocenters. The van der Waals surface area contributed by atoms with Crippen LogP contribution in [0.2, 0.25) is 0 Å². The predicted octanol–water partition coefficient (Wildman–Crippen LogP) is 6.47. The predicted molar refractivity (Wildman–Crippen MR) is 169 cm³/mol. The first kappa shape index (κ1) is 30.3. The fourth-order valence-corrected chi connectivity index (χ4v) is 7.79. The number of aliphatic carboxylic acids is 1. The Labute approximate surface area is 262 Å². The van der Waals surface area contributed by atoms with E-state index in [1.807, 2.05) is 42.5 Å². The van der Waals surface area contributed by atoms with Gasteiger partial charge in [-0.1, -0.05) is 66.7 Å². The molecule has 44 heavy (non-hydrogen) atoms. The van der Waals surface area contributed by atoms with Crippen LogP contribution in [0.5, 0.6) is 10.9 Å². The fraction of sp³-hybridized carbons (Fsp3) is 0.486. The van der Waals surface area contributed by atoms with Crippen molar-refractivity contribution in [2.75, 3.05) is 13.7 Å². The van der Waals surface area contributed by atoms with E-state index in [9.17, 15) is 19.5 Å². The van der Waals surface area contributed by atoms with Gasteiger partial charge in [0.15, 0.2) is 5.78 Å². The van der Waals surface area contributed by atoms with Crippen LogP contribution in [0, 0.1) is 17.3 Å². The fourth-order valence-electron chi connectivity index (χ4n) is 6.88. The minimum atomic E-state index is -1.08. The van der Waals surface area contributed by atoms with Crippen LogP contribution in [0.3, 0.4) is 0 Å². The monoisotopic (exact) mass is 616 g/mol. The Balaban J connectivity index is 1.26. The van der Waals surface area contributed by atoms with E-state index < -0.39 is 23.5 Å². The lowest BCUT2D eigenvalue weighted by molar-refractivity contribution is -0.147. The van der Waals surface area contributed by atoms with E-state index in [-0.39, 0.29) is 36.5 Å². The Bertz CT molecular complexity index is 1540. The Morgan fingerprint density at radius 3 is 2.77 bits per heavy atom. The molecule has 0 bridgehead atoms.